The third kappa shape index (κ3) is 2.98. The number of hydrogen-bond acceptors (Lipinski definition) is 6. The van der Waals surface area contributed by atoms with Crippen molar-refractivity contribution >= 4 is 21.6 Å². The maximum atomic E-state index is 13.4. The first-order valence-corrected chi connectivity index (χ1v) is 10.1. The van der Waals surface area contributed by atoms with Gasteiger partial charge < -0.3 is 15.4 Å². The largest absolute Gasteiger partial charge is 0.496 e. The van der Waals surface area contributed by atoms with Crippen molar-refractivity contribution in [2.45, 2.75) is 23.4 Å². The Hall–Kier alpha value is -2.72. The third-order valence-corrected chi connectivity index (χ3v) is 7.21. The fraction of sp³-hybridized carbons (Fsp3) is 0.333. The number of carbonyl (C=O) groups is 1. The zero-order chi connectivity index (χ0) is 20.1. The first-order valence-electron chi connectivity index (χ1n) is 8.69. The highest BCUT2D eigenvalue weighted by molar-refractivity contribution is 7.89. The molecule has 4 heterocycles. The van der Waals surface area contributed by atoms with Gasteiger partial charge in [-0.1, -0.05) is 0 Å². The van der Waals surface area contributed by atoms with Crippen molar-refractivity contribution in [2.75, 3.05) is 25.1 Å². The molecule has 0 radical (unpaired) electrons. The lowest BCUT2D eigenvalue weighted by Gasteiger charge is -2.55. The summed E-state index contributed by atoms with van der Waals surface area (Å²) >= 11 is 0. The maximum absolute atomic E-state index is 13.4. The molecule has 3 saturated heterocycles. The number of primary amides is 1. The molecule has 0 saturated carbocycles. The molecule has 3 aliphatic rings. The van der Waals surface area contributed by atoms with Gasteiger partial charge in [-0.05, 0) is 30.7 Å². The number of piperidine rings is 1. The minimum atomic E-state index is -3.80. The van der Waals surface area contributed by atoms with Crippen LogP contribution in [0.2, 0.25) is 0 Å². The van der Waals surface area contributed by atoms with E-state index in [1.54, 1.807) is 6.07 Å². The predicted octanol–water partition coefficient (Wildman–Crippen LogP) is 0.980. The molecule has 0 spiro atoms. The summed E-state index contributed by atoms with van der Waals surface area (Å²) in [5.74, 6) is -1.11. The Morgan fingerprint density at radius 2 is 1.96 bits per heavy atom. The first kappa shape index (κ1) is 18.6. The van der Waals surface area contributed by atoms with Gasteiger partial charge in [0.1, 0.15) is 5.75 Å². The van der Waals surface area contributed by atoms with Gasteiger partial charge in [-0.15, -0.1) is 0 Å². The van der Waals surface area contributed by atoms with Crippen LogP contribution in [-0.2, 0) is 10.0 Å². The molecular weight excluding hydrogens is 387 g/mol. The second-order valence-corrected chi connectivity index (χ2v) is 8.69. The number of fused-ring (bicyclic) bond motifs is 2. The van der Waals surface area contributed by atoms with Crippen LogP contribution >= 0.6 is 0 Å². The van der Waals surface area contributed by atoms with Crippen molar-refractivity contribution in [1.29, 1.82) is 0 Å². The molecule has 5 rings (SSSR count). The SMILES string of the molecule is COc1ccc(S(=O)(=O)N2C3CC2CN(c2ccnc(F)c2)C3)cc1C(N)=O. The summed E-state index contributed by atoms with van der Waals surface area (Å²) in [7, 11) is -2.42. The van der Waals surface area contributed by atoms with Gasteiger partial charge in [-0.3, -0.25) is 4.79 Å². The molecule has 3 fully saturated rings. The smallest absolute Gasteiger partial charge is 0.252 e. The number of nitrogens with two attached hydrogens (primary N) is 1. The maximum Gasteiger partial charge on any atom is 0.252 e. The number of halogens is 1. The highest BCUT2D eigenvalue weighted by atomic mass is 32.2. The standard InChI is InChI=1S/C18H19FN4O4S/c1-27-16-3-2-14(8-15(16)18(20)24)28(25,26)23-12-6-13(23)10-22(9-12)11-4-5-21-17(19)7-11/h2-5,7-8,12-13H,6,9-10H2,1H3,(H2,20,24). The third-order valence-electron chi connectivity index (χ3n) is 5.21. The van der Waals surface area contributed by atoms with E-state index in [2.05, 4.69) is 4.98 Å². The summed E-state index contributed by atoms with van der Waals surface area (Å²) in [4.78, 5) is 17.1. The Balaban J connectivity index is 1.59. The average Bonchev–Trinajstić information content (AvgIpc) is 2.67. The number of sulfonamides is 1. The van der Waals surface area contributed by atoms with E-state index in [4.69, 9.17) is 10.5 Å². The second-order valence-electron chi connectivity index (χ2n) is 6.85. The van der Waals surface area contributed by atoms with Gasteiger partial charge in [-0.25, -0.2) is 13.4 Å². The number of hydrogen-bond donors (Lipinski definition) is 1. The highest BCUT2D eigenvalue weighted by Gasteiger charge is 2.51. The van der Waals surface area contributed by atoms with Gasteiger partial charge in [0.05, 0.1) is 17.6 Å². The molecule has 10 heteroatoms. The summed E-state index contributed by atoms with van der Waals surface area (Å²) < 4.78 is 46.2. The summed E-state index contributed by atoms with van der Waals surface area (Å²) in [6.45, 7) is 0.913. The summed E-state index contributed by atoms with van der Waals surface area (Å²) in [6.07, 6.45) is 2.13. The number of aromatic nitrogens is 1. The van der Waals surface area contributed by atoms with E-state index in [1.807, 2.05) is 4.90 Å². The number of anilines is 1. The molecule has 148 valence electrons. The van der Waals surface area contributed by atoms with Crippen LogP contribution in [-0.4, -0.2) is 55.9 Å². The zero-order valence-electron chi connectivity index (χ0n) is 15.1. The number of piperazine rings is 1. The number of pyridine rings is 1. The number of ether oxygens (including phenoxy) is 1. The van der Waals surface area contributed by atoms with Crippen molar-refractivity contribution in [2.24, 2.45) is 5.73 Å². The molecule has 8 nitrogen and oxygen atoms in total. The monoisotopic (exact) mass is 406 g/mol. The minimum absolute atomic E-state index is 0.000190. The summed E-state index contributed by atoms with van der Waals surface area (Å²) in [6, 6.07) is 6.68. The van der Waals surface area contributed by atoms with Gasteiger partial charge in [0, 0.05) is 43.1 Å². The normalized spacial score (nSPS) is 21.9. The van der Waals surface area contributed by atoms with Crippen LogP contribution in [0.3, 0.4) is 0 Å². The van der Waals surface area contributed by atoms with E-state index in [-0.39, 0.29) is 28.3 Å². The second kappa shape index (κ2) is 6.71. The van der Waals surface area contributed by atoms with Crippen LogP contribution < -0.4 is 15.4 Å². The molecule has 0 aliphatic carbocycles. The Kier molecular flexibility index (Phi) is 4.47. The molecule has 1 amide bonds. The molecule has 3 aliphatic heterocycles. The zero-order valence-corrected chi connectivity index (χ0v) is 15.9. The fourth-order valence-electron chi connectivity index (χ4n) is 3.93. The van der Waals surface area contributed by atoms with E-state index < -0.39 is 21.9 Å². The lowest BCUT2D eigenvalue weighted by Crippen LogP contribution is -2.70. The highest BCUT2D eigenvalue weighted by Crippen LogP contribution is 2.39. The van der Waals surface area contributed by atoms with Gasteiger partial charge in [0.25, 0.3) is 5.91 Å². The quantitative estimate of drug-likeness (QED) is 0.742. The topological polar surface area (TPSA) is 106 Å². The van der Waals surface area contributed by atoms with E-state index in [0.29, 0.717) is 18.8 Å². The van der Waals surface area contributed by atoms with Crippen LogP contribution in [0, 0.1) is 5.95 Å². The lowest BCUT2D eigenvalue weighted by molar-refractivity contribution is 0.0878. The van der Waals surface area contributed by atoms with Gasteiger partial charge in [0.2, 0.25) is 16.0 Å². The van der Waals surface area contributed by atoms with E-state index in [0.717, 1.165) is 6.42 Å². The van der Waals surface area contributed by atoms with Crippen LogP contribution in [0.4, 0.5) is 10.1 Å². The van der Waals surface area contributed by atoms with Crippen molar-refractivity contribution in [3.8, 4) is 5.75 Å². The molecular formula is C18H19FN4O4S. The van der Waals surface area contributed by atoms with Crippen LogP contribution in [0.5, 0.6) is 5.75 Å². The summed E-state index contributed by atoms with van der Waals surface area (Å²) in [5, 5.41) is 0. The number of amides is 1. The lowest BCUT2D eigenvalue weighted by atomic mass is 9.91. The number of methoxy groups -OCH3 is 1. The molecule has 2 atom stereocenters. The van der Waals surface area contributed by atoms with Crippen molar-refractivity contribution in [1.82, 2.24) is 9.29 Å². The average molecular weight is 406 g/mol. The molecule has 2 aromatic rings. The number of rotatable bonds is 5. The molecule has 2 N–H and O–H groups in total. The predicted molar refractivity (Wildman–Crippen MR) is 99.1 cm³/mol. The number of benzene rings is 1. The number of carbonyl (C=O) groups excluding carboxylic acids is 1. The van der Waals surface area contributed by atoms with Crippen molar-refractivity contribution < 1.29 is 22.3 Å². The van der Waals surface area contributed by atoms with Crippen molar-refractivity contribution in [3.05, 3.63) is 48.0 Å². The Labute approximate surface area is 161 Å². The number of nitrogens with zero attached hydrogens (tertiary/aromatic N) is 3. The molecule has 1 aromatic carbocycles. The first-order chi connectivity index (χ1) is 13.3. The minimum Gasteiger partial charge on any atom is -0.496 e. The Morgan fingerprint density at radius 3 is 2.57 bits per heavy atom. The van der Waals surface area contributed by atoms with Gasteiger partial charge >= 0.3 is 0 Å². The van der Waals surface area contributed by atoms with Gasteiger partial charge in [0.15, 0.2) is 0 Å². The molecule has 2 bridgehead atoms. The Bertz CT molecular complexity index is 1030. The van der Waals surface area contributed by atoms with E-state index in [9.17, 15) is 17.6 Å². The Morgan fingerprint density at radius 1 is 1.25 bits per heavy atom. The summed E-state index contributed by atoms with van der Waals surface area (Å²) in [5.41, 5.74) is 6.04. The van der Waals surface area contributed by atoms with Crippen LogP contribution in [0.1, 0.15) is 16.8 Å². The molecule has 1 aromatic heterocycles. The fourth-order valence-corrected chi connectivity index (χ4v) is 5.77. The van der Waals surface area contributed by atoms with E-state index in [1.165, 1.54) is 41.9 Å². The molecule has 2 unspecified atom stereocenters. The molecule has 28 heavy (non-hydrogen) atoms. The van der Waals surface area contributed by atoms with E-state index >= 15 is 0 Å². The van der Waals surface area contributed by atoms with Gasteiger partial charge in [-0.2, -0.15) is 8.70 Å². The van der Waals surface area contributed by atoms with Crippen molar-refractivity contribution in [3.63, 3.8) is 0 Å². The van der Waals surface area contributed by atoms with Crippen LogP contribution in [0.25, 0.3) is 0 Å². The van der Waals surface area contributed by atoms with Crippen LogP contribution in [0.15, 0.2) is 41.4 Å².